The first-order chi connectivity index (χ1) is 9.16. The molecule has 0 radical (unpaired) electrons. The highest BCUT2D eigenvalue weighted by atomic mass is 16.4. The molecule has 1 amide bonds. The lowest BCUT2D eigenvalue weighted by atomic mass is 10.2. The maximum Gasteiger partial charge on any atom is 0.326 e. The minimum absolute atomic E-state index is 0.222. The van der Waals surface area contributed by atoms with Gasteiger partial charge in [0.25, 0.3) is 5.91 Å². The molecule has 2 N–H and O–H groups in total. The predicted molar refractivity (Wildman–Crippen MR) is 63.6 cm³/mol. The van der Waals surface area contributed by atoms with Crippen LogP contribution in [-0.2, 0) is 4.79 Å². The highest BCUT2D eigenvalue weighted by Crippen LogP contribution is 2.20. The van der Waals surface area contributed by atoms with Crippen molar-refractivity contribution in [2.45, 2.75) is 24.9 Å². The van der Waals surface area contributed by atoms with E-state index in [2.05, 4.69) is 15.6 Å². The minimum Gasteiger partial charge on any atom is -0.480 e. The summed E-state index contributed by atoms with van der Waals surface area (Å²) in [5.41, 5.74) is 0.222. The van der Waals surface area contributed by atoms with E-state index in [-0.39, 0.29) is 17.6 Å². The molecule has 2 fully saturated rings. The molecular weight excluding hydrogens is 250 g/mol. The highest BCUT2D eigenvalue weighted by molar-refractivity contribution is 5.95. The van der Waals surface area contributed by atoms with Crippen LogP contribution in [0.15, 0.2) is 6.20 Å². The molecule has 2 aliphatic rings. The Morgan fingerprint density at radius 2 is 2.21 bits per heavy atom. The maximum absolute atomic E-state index is 12.2. The quantitative estimate of drug-likeness (QED) is 0.735. The van der Waals surface area contributed by atoms with E-state index in [0.29, 0.717) is 19.4 Å². The Labute approximate surface area is 109 Å². The number of carboxylic acids is 1. The highest BCUT2D eigenvalue weighted by Gasteiger charge is 2.35. The van der Waals surface area contributed by atoms with Crippen molar-refractivity contribution in [2.24, 2.45) is 0 Å². The van der Waals surface area contributed by atoms with Gasteiger partial charge in [-0.15, -0.1) is 5.10 Å². The molecule has 1 atom stereocenters. The number of hydrogen-bond donors (Lipinski definition) is 2. The molecule has 0 unspecified atom stereocenters. The fourth-order valence-electron chi connectivity index (χ4n) is 2.43. The number of hydrogen-bond acceptors (Lipinski definition) is 5. The summed E-state index contributed by atoms with van der Waals surface area (Å²) in [6.45, 7) is 2.10. The lowest BCUT2D eigenvalue weighted by Crippen LogP contribution is -2.43. The first kappa shape index (κ1) is 12.1. The van der Waals surface area contributed by atoms with Gasteiger partial charge in [0.05, 0.1) is 12.2 Å². The number of carbonyl (C=O) groups excluding carboxylic acids is 1. The number of nitrogens with one attached hydrogen (secondary N) is 1. The Bertz CT molecular complexity index is 510. The van der Waals surface area contributed by atoms with Gasteiger partial charge in [-0.2, -0.15) is 0 Å². The zero-order valence-electron chi connectivity index (χ0n) is 10.3. The van der Waals surface area contributed by atoms with Crippen LogP contribution in [0.1, 0.15) is 29.4 Å². The van der Waals surface area contributed by atoms with Gasteiger partial charge < -0.3 is 15.3 Å². The first-order valence-corrected chi connectivity index (χ1v) is 6.33. The van der Waals surface area contributed by atoms with Gasteiger partial charge in [-0.25, -0.2) is 9.48 Å². The number of aliphatic carboxylic acids is 1. The summed E-state index contributed by atoms with van der Waals surface area (Å²) in [5.74, 6) is -1.30. The van der Waals surface area contributed by atoms with E-state index in [9.17, 15) is 9.59 Å². The van der Waals surface area contributed by atoms with E-state index in [0.717, 1.165) is 13.1 Å². The number of amides is 1. The van der Waals surface area contributed by atoms with Gasteiger partial charge in [-0.05, 0) is 12.8 Å². The largest absolute Gasteiger partial charge is 0.480 e. The minimum atomic E-state index is -0.957. The number of nitrogens with zero attached hydrogens (tertiary/aromatic N) is 4. The zero-order chi connectivity index (χ0) is 13.4. The number of likely N-dealkylation sites (tertiary alicyclic amines) is 1. The smallest absolute Gasteiger partial charge is 0.326 e. The molecule has 8 nitrogen and oxygen atoms in total. The molecule has 1 aromatic rings. The van der Waals surface area contributed by atoms with Crippen molar-refractivity contribution in [1.82, 2.24) is 25.2 Å². The van der Waals surface area contributed by atoms with Crippen molar-refractivity contribution in [2.75, 3.05) is 19.6 Å². The molecule has 0 bridgehead atoms. The third-order valence-corrected chi connectivity index (χ3v) is 3.66. The SMILES string of the molecule is O=C(O)[C@@H]1CCCN1C(=O)c1cn(C2CNC2)nn1. The Hall–Kier alpha value is -1.96. The van der Waals surface area contributed by atoms with Gasteiger partial charge in [0.2, 0.25) is 0 Å². The second-order valence-corrected chi connectivity index (χ2v) is 4.89. The fourth-order valence-corrected chi connectivity index (χ4v) is 2.43. The van der Waals surface area contributed by atoms with E-state index in [1.165, 1.54) is 4.90 Å². The second kappa shape index (κ2) is 4.61. The van der Waals surface area contributed by atoms with E-state index in [1.54, 1.807) is 10.9 Å². The summed E-state index contributed by atoms with van der Waals surface area (Å²) >= 11 is 0. The lowest BCUT2D eigenvalue weighted by molar-refractivity contribution is -0.141. The molecule has 0 spiro atoms. The number of rotatable bonds is 3. The monoisotopic (exact) mass is 265 g/mol. The first-order valence-electron chi connectivity index (χ1n) is 6.33. The summed E-state index contributed by atoms with van der Waals surface area (Å²) < 4.78 is 1.66. The van der Waals surface area contributed by atoms with Crippen LogP contribution in [0, 0.1) is 0 Å². The topological polar surface area (TPSA) is 100 Å². The van der Waals surface area contributed by atoms with Crippen LogP contribution < -0.4 is 5.32 Å². The van der Waals surface area contributed by atoms with E-state index >= 15 is 0 Å². The van der Waals surface area contributed by atoms with Crippen molar-refractivity contribution in [1.29, 1.82) is 0 Å². The van der Waals surface area contributed by atoms with Crippen molar-refractivity contribution in [3.63, 3.8) is 0 Å². The summed E-state index contributed by atoms with van der Waals surface area (Å²) in [4.78, 5) is 24.7. The Morgan fingerprint density at radius 3 is 2.84 bits per heavy atom. The van der Waals surface area contributed by atoms with Gasteiger partial charge in [-0.1, -0.05) is 5.21 Å². The molecule has 0 saturated carbocycles. The average molecular weight is 265 g/mol. The van der Waals surface area contributed by atoms with Crippen LogP contribution in [0.3, 0.4) is 0 Å². The van der Waals surface area contributed by atoms with Gasteiger partial charge in [-0.3, -0.25) is 4.79 Å². The molecule has 2 aliphatic heterocycles. The molecule has 2 saturated heterocycles. The molecule has 0 aliphatic carbocycles. The van der Waals surface area contributed by atoms with Crippen LogP contribution in [0.4, 0.5) is 0 Å². The molecule has 3 heterocycles. The Morgan fingerprint density at radius 1 is 1.42 bits per heavy atom. The summed E-state index contributed by atoms with van der Waals surface area (Å²) in [6.07, 6.45) is 2.82. The third-order valence-electron chi connectivity index (χ3n) is 3.66. The predicted octanol–water partition coefficient (Wildman–Crippen LogP) is -0.888. The number of carbonyl (C=O) groups is 2. The number of aromatic nitrogens is 3. The van der Waals surface area contributed by atoms with Crippen LogP contribution in [0.25, 0.3) is 0 Å². The average Bonchev–Trinajstić information content (AvgIpc) is 2.93. The molecule has 0 aromatic carbocycles. The van der Waals surface area contributed by atoms with Gasteiger partial charge >= 0.3 is 5.97 Å². The van der Waals surface area contributed by atoms with Crippen molar-refractivity contribution < 1.29 is 14.7 Å². The summed E-state index contributed by atoms with van der Waals surface area (Å²) in [7, 11) is 0. The van der Waals surface area contributed by atoms with E-state index in [4.69, 9.17) is 5.11 Å². The van der Waals surface area contributed by atoms with E-state index in [1.807, 2.05) is 0 Å². The van der Waals surface area contributed by atoms with Gasteiger partial charge in [0.15, 0.2) is 5.69 Å². The molecular formula is C11H15N5O3. The van der Waals surface area contributed by atoms with Crippen LogP contribution >= 0.6 is 0 Å². The van der Waals surface area contributed by atoms with Crippen LogP contribution in [0.5, 0.6) is 0 Å². The van der Waals surface area contributed by atoms with Crippen LogP contribution in [0.2, 0.25) is 0 Å². The van der Waals surface area contributed by atoms with Crippen molar-refractivity contribution in [3.8, 4) is 0 Å². The zero-order valence-corrected chi connectivity index (χ0v) is 10.3. The standard InChI is InChI=1S/C11H15N5O3/c17-10(15-3-1-2-9(15)11(18)19)8-6-16(14-13-8)7-4-12-5-7/h6-7,9,12H,1-5H2,(H,18,19)/t9-/m0/s1. The van der Waals surface area contributed by atoms with Crippen molar-refractivity contribution in [3.05, 3.63) is 11.9 Å². The third kappa shape index (κ3) is 2.07. The van der Waals surface area contributed by atoms with E-state index < -0.39 is 12.0 Å². The summed E-state index contributed by atoms with van der Waals surface area (Å²) in [6, 6.07) is -0.495. The Kier molecular flexibility index (Phi) is 2.94. The van der Waals surface area contributed by atoms with Crippen molar-refractivity contribution >= 4 is 11.9 Å². The van der Waals surface area contributed by atoms with Crippen LogP contribution in [-0.4, -0.2) is 62.6 Å². The summed E-state index contributed by atoms with van der Waals surface area (Å²) in [5, 5.41) is 20.0. The molecule has 8 heteroatoms. The van der Waals surface area contributed by atoms with Gasteiger partial charge in [0.1, 0.15) is 6.04 Å². The Balaban J connectivity index is 1.75. The fraction of sp³-hybridized carbons (Fsp3) is 0.636. The van der Waals surface area contributed by atoms with Gasteiger partial charge in [0, 0.05) is 19.6 Å². The molecule has 1 aromatic heterocycles. The lowest BCUT2D eigenvalue weighted by Gasteiger charge is -2.26. The maximum atomic E-state index is 12.2. The molecule has 3 rings (SSSR count). The normalized spacial score (nSPS) is 23.4. The second-order valence-electron chi connectivity index (χ2n) is 4.89. The molecule has 19 heavy (non-hydrogen) atoms. The number of carboxylic acid groups (broad SMARTS) is 1. The molecule has 102 valence electrons.